The number of fused-ring (bicyclic) bond motifs is 1. The summed E-state index contributed by atoms with van der Waals surface area (Å²) >= 11 is 0. The van der Waals surface area contributed by atoms with E-state index in [0.29, 0.717) is 5.92 Å². The molecule has 0 saturated heterocycles. The molecule has 0 bridgehead atoms. The highest BCUT2D eigenvalue weighted by molar-refractivity contribution is 5.56. The smallest absolute Gasteiger partial charge is 0.0991 e. The second-order valence-electron chi connectivity index (χ2n) is 3.67. The van der Waals surface area contributed by atoms with Crippen molar-refractivity contribution in [2.75, 3.05) is 11.9 Å². The molecule has 1 aliphatic rings. The molecule has 1 heterocycles. The van der Waals surface area contributed by atoms with Crippen molar-refractivity contribution in [1.82, 2.24) is 0 Å². The van der Waals surface area contributed by atoms with Crippen molar-refractivity contribution in [3.8, 4) is 6.07 Å². The standard InChI is InChI=1S/C11H12N2/c1-8-4-10-5-9(6-12)2-3-11(10)13-7-8/h2-3,5,8,13H,4,7H2,1H3. The Morgan fingerprint density at radius 2 is 2.38 bits per heavy atom. The van der Waals surface area contributed by atoms with E-state index < -0.39 is 0 Å². The van der Waals surface area contributed by atoms with Gasteiger partial charge < -0.3 is 5.32 Å². The number of benzene rings is 1. The molecule has 1 unspecified atom stereocenters. The topological polar surface area (TPSA) is 35.8 Å². The zero-order valence-corrected chi connectivity index (χ0v) is 7.67. The summed E-state index contributed by atoms with van der Waals surface area (Å²) < 4.78 is 0. The Hall–Kier alpha value is -1.49. The van der Waals surface area contributed by atoms with E-state index in [2.05, 4.69) is 18.3 Å². The number of anilines is 1. The van der Waals surface area contributed by atoms with Gasteiger partial charge in [0.25, 0.3) is 0 Å². The van der Waals surface area contributed by atoms with E-state index >= 15 is 0 Å². The van der Waals surface area contributed by atoms with Crippen molar-refractivity contribution in [1.29, 1.82) is 5.26 Å². The lowest BCUT2D eigenvalue weighted by Gasteiger charge is -2.23. The molecule has 2 nitrogen and oxygen atoms in total. The molecule has 1 N–H and O–H groups in total. The number of hydrogen-bond donors (Lipinski definition) is 1. The SMILES string of the molecule is CC1CNc2ccc(C#N)cc2C1. The van der Waals surface area contributed by atoms with Crippen LogP contribution < -0.4 is 5.32 Å². The van der Waals surface area contributed by atoms with Crippen molar-refractivity contribution in [3.63, 3.8) is 0 Å². The van der Waals surface area contributed by atoms with Gasteiger partial charge in [0.1, 0.15) is 0 Å². The first-order valence-corrected chi connectivity index (χ1v) is 4.56. The van der Waals surface area contributed by atoms with Gasteiger partial charge in [-0.15, -0.1) is 0 Å². The summed E-state index contributed by atoms with van der Waals surface area (Å²) in [4.78, 5) is 0. The van der Waals surface area contributed by atoms with Gasteiger partial charge in [-0.2, -0.15) is 5.26 Å². The first kappa shape index (κ1) is 8.12. The summed E-state index contributed by atoms with van der Waals surface area (Å²) in [5, 5.41) is 12.1. The van der Waals surface area contributed by atoms with E-state index in [0.717, 1.165) is 18.5 Å². The van der Waals surface area contributed by atoms with Crippen LogP contribution in [-0.2, 0) is 6.42 Å². The molecule has 2 heteroatoms. The quantitative estimate of drug-likeness (QED) is 0.651. The van der Waals surface area contributed by atoms with Crippen LogP contribution in [0.4, 0.5) is 5.69 Å². The molecule has 0 aromatic heterocycles. The Balaban J connectivity index is 2.39. The third-order valence-corrected chi connectivity index (χ3v) is 2.44. The molecule has 0 saturated carbocycles. The van der Waals surface area contributed by atoms with Gasteiger partial charge in [0.05, 0.1) is 11.6 Å². The van der Waals surface area contributed by atoms with Gasteiger partial charge >= 0.3 is 0 Å². The molecule has 0 amide bonds. The van der Waals surface area contributed by atoms with E-state index in [1.165, 1.54) is 11.3 Å². The van der Waals surface area contributed by atoms with E-state index in [4.69, 9.17) is 5.26 Å². The molecule has 1 atom stereocenters. The number of nitriles is 1. The maximum atomic E-state index is 8.73. The molecule has 66 valence electrons. The van der Waals surface area contributed by atoms with Gasteiger partial charge in [-0.1, -0.05) is 6.92 Å². The molecule has 2 rings (SSSR count). The second kappa shape index (κ2) is 3.10. The first-order chi connectivity index (χ1) is 6.29. The summed E-state index contributed by atoms with van der Waals surface area (Å²) in [7, 11) is 0. The second-order valence-corrected chi connectivity index (χ2v) is 3.67. The first-order valence-electron chi connectivity index (χ1n) is 4.56. The molecular weight excluding hydrogens is 160 g/mol. The fourth-order valence-electron chi connectivity index (χ4n) is 1.74. The summed E-state index contributed by atoms with van der Waals surface area (Å²) in [6.45, 7) is 3.26. The largest absolute Gasteiger partial charge is 0.385 e. The lowest BCUT2D eigenvalue weighted by molar-refractivity contribution is 0.594. The van der Waals surface area contributed by atoms with Crippen molar-refractivity contribution in [2.24, 2.45) is 5.92 Å². The molecule has 0 fully saturated rings. The highest BCUT2D eigenvalue weighted by Gasteiger charge is 2.14. The lowest BCUT2D eigenvalue weighted by atomic mass is 9.94. The van der Waals surface area contributed by atoms with Crippen LogP contribution in [0.5, 0.6) is 0 Å². The molecule has 1 aromatic rings. The third kappa shape index (κ3) is 1.50. The average molecular weight is 172 g/mol. The van der Waals surface area contributed by atoms with Gasteiger partial charge in [-0.05, 0) is 36.1 Å². The highest BCUT2D eigenvalue weighted by Crippen LogP contribution is 2.25. The molecule has 13 heavy (non-hydrogen) atoms. The minimum Gasteiger partial charge on any atom is -0.385 e. The summed E-state index contributed by atoms with van der Waals surface area (Å²) in [5.41, 5.74) is 3.23. The predicted octanol–water partition coefficient (Wildman–Crippen LogP) is 2.16. The van der Waals surface area contributed by atoms with Gasteiger partial charge in [-0.3, -0.25) is 0 Å². The third-order valence-electron chi connectivity index (χ3n) is 2.44. The van der Waals surface area contributed by atoms with E-state index in [1.807, 2.05) is 18.2 Å². The minimum atomic E-state index is 0.668. The Labute approximate surface area is 78.2 Å². The Kier molecular flexibility index (Phi) is 1.94. The van der Waals surface area contributed by atoms with Crippen molar-refractivity contribution in [3.05, 3.63) is 29.3 Å². The molecule has 0 aliphatic carbocycles. The van der Waals surface area contributed by atoms with Crippen molar-refractivity contribution in [2.45, 2.75) is 13.3 Å². The minimum absolute atomic E-state index is 0.668. The van der Waals surface area contributed by atoms with Gasteiger partial charge in [0.2, 0.25) is 0 Å². The predicted molar refractivity (Wildman–Crippen MR) is 52.5 cm³/mol. The molecule has 1 aliphatic heterocycles. The van der Waals surface area contributed by atoms with E-state index in [-0.39, 0.29) is 0 Å². The van der Waals surface area contributed by atoms with Crippen LogP contribution in [0.15, 0.2) is 18.2 Å². The summed E-state index contributed by atoms with van der Waals surface area (Å²) in [6.07, 6.45) is 1.08. The van der Waals surface area contributed by atoms with Crippen LogP contribution >= 0.6 is 0 Å². The van der Waals surface area contributed by atoms with Crippen molar-refractivity contribution < 1.29 is 0 Å². The number of nitrogens with one attached hydrogen (secondary N) is 1. The van der Waals surface area contributed by atoms with Gasteiger partial charge in [-0.25, -0.2) is 0 Å². The van der Waals surface area contributed by atoms with Crippen LogP contribution in [0.1, 0.15) is 18.1 Å². The normalized spacial score (nSPS) is 19.8. The van der Waals surface area contributed by atoms with E-state index in [1.54, 1.807) is 0 Å². The lowest BCUT2D eigenvalue weighted by Crippen LogP contribution is -2.20. The number of nitrogens with zero attached hydrogens (tertiary/aromatic N) is 1. The van der Waals surface area contributed by atoms with E-state index in [9.17, 15) is 0 Å². The maximum Gasteiger partial charge on any atom is 0.0991 e. The molecule has 1 aromatic carbocycles. The summed E-state index contributed by atoms with van der Waals surface area (Å²) in [6, 6.07) is 8.01. The number of hydrogen-bond acceptors (Lipinski definition) is 2. The van der Waals surface area contributed by atoms with Crippen LogP contribution in [0.25, 0.3) is 0 Å². The molecular formula is C11H12N2. The Morgan fingerprint density at radius 3 is 3.15 bits per heavy atom. The summed E-state index contributed by atoms with van der Waals surface area (Å²) in [5.74, 6) is 0.668. The van der Waals surface area contributed by atoms with Gasteiger partial charge in [0, 0.05) is 12.2 Å². The maximum absolute atomic E-state index is 8.73. The monoisotopic (exact) mass is 172 g/mol. The number of rotatable bonds is 0. The van der Waals surface area contributed by atoms with Crippen LogP contribution in [0, 0.1) is 17.2 Å². The average Bonchev–Trinajstić information content (AvgIpc) is 2.16. The molecule has 0 spiro atoms. The van der Waals surface area contributed by atoms with Crippen LogP contribution in [0.3, 0.4) is 0 Å². The fraction of sp³-hybridized carbons (Fsp3) is 0.364. The highest BCUT2D eigenvalue weighted by atomic mass is 14.9. The Morgan fingerprint density at radius 1 is 1.54 bits per heavy atom. The van der Waals surface area contributed by atoms with Crippen LogP contribution in [0.2, 0.25) is 0 Å². The fourth-order valence-corrected chi connectivity index (χ4v) is 1.74. The Bertz CT molecular complexity index is 363. The van der Waals surface area contributed by atoms with Crippen LogP contribution in [-0.4, -0.2) is 6.54 Å². The van der Waals surface area contributed by atoms with Crippen molar-refractivity contribution >= 4 is 5.69 Å². The van der Waals surface area contributed by atoms with Gasteiger partial charge in [0.15, 0.2) is 0 Å². The zero-order chi connectivity index (χ0) is 9.26. The molecule has 0 radical (unpaired) electrons. The zero-order valence-electron chi connectivity index (χ0n) is 7.67.